The van der Waals surface area contributed by atoms with Crippen LogP contribution in [-0.4, -0.2) is 23.8 Å². The highest BCUT2D eigenvalue weighted by Gasteiger charge is 2.12. The van der Waals surface area contributed by atoms with Crippen molar-refractivity contribution >= 4 is 23.1 Å². The molecule has 0 radical (unpaired) electrons. The molecule has 2 nitrogen and oxygen atoms in total. The number of nitrogens with one attached hydrogen (secondary N) is 1. The van der Waals surface area contributed by atoms with Crippen LogP contribution in [0.4, 0.5) is 0 Å². The molecular weight excluding hydrogens is 224 g/mol. The number of aromatic nitrogens is 1. The summed E-state index contributed by atoms with van der Waals surface area (Å²) in [5, 5.41) is 5.54. The van der Waals surface area contributed by atoms with Gasteiger partial charge in [0.1, 0.15) is 4.34 Å². The van der Waals surface area contributed by atoms with E-state index >= 15 is 0 Å². The second-order valence-electron chi connectivity index (χ2n) is 4.09. The average molecular weight is 242 g/mol. The number of piperidine rings is 1. The first-order chi connectivity index (χ1) is 7.34. The minimum Gasteiger partial charge on any atom is -0.317 e. The fourth-order valence-electron chi connectivity index (χ4n) is 1.88. The Morgan fingerprint density at radius 2 is 2.33 bits per heavy atom. The third-order valence-electron chi connectivity index (χ3n) is 2.81. The maximum Gasteiger partial charge on any atom is 0.150 e. The first-order valence-corrected chi connectivity index (χ1v) is 7.47. The summed E-state index contributed by atoms with van der Waals surface area (Å²) >= 11 is 3.70. The molecule has 1 aliphatic heterocycles. The lowest BCUT2D eigenvalue weighted by atomic mass is 9.96. The highest BCUT2D eigenvalue weighted by molar-refractivity contribution is 8.00. The summed E-state index contributed by atoms with van der Waals surface area (Å²) in [6, 6.07) is 0. The van der Waals surface area contributed by atoms with Gasteiger partial charge < -0.3 is 5.32 Å². The van der Waals surface area contributed by atoms with E-state index in [1.807, 2.05) is 11.8 Å². The lowest BCUT2D eigenvalue weighted by molar-refractivity contribution is 0.367. The van der Waals surface area contributed by atoms with E-state index in [-0.39, 0.29) is 0 Å². The molecule has 1 aromatic rings. The van der Waals surface area contributed by atoms with Crippen LogP contribution < -0.4 is 5.32 Å². The van der Waals surface area contributed by atoms with Gasteiger partial charge in [-0.2, -0.15) is 0 Å². The predicted octanol–water partition coefficient (Wildman–Crippen LogP) is 2.93. The SMILES string of the molecule is Cc1csc(SCCC2CCNCC2)n1. The van der Waals surface area contributed by atoms with Crippen LogP contribution in [-0.2, 0) is 0 Å². The Morgan fingerprint density at radius 1 is 1.53 bits per heavy atom. The van der Waals surface area contributed by atoms with E-state index in [9.17, 15) is 0 Å². The summed E-state index contributed by atoms with van der Waals surface area (Å²) < 4.78 is 1.24. The molecule has 2 heterocycles. The topological polar surface area (TPSA) is 24.9 Å². The normalized spacial score (nSPS) is 18.2. The Hall–Kier alpha value is -0.0600. The zero-order chi connectivity index (χ0) is 10.5. The smallest absolute Gasteiger partial charge is 0.150 e. The van der Waals surface area contributed by atoms with Gasteiger partial charge in [-0.3, -0.25) is 0 Å². The largest absolute Gasteiger partial charge is 0.317 e. The Morgan fingerprint density at radius 3 is 3.00 bits per heavy atom. The average Bonchev–Trinajstić information content (AvgIpc) is 2.66. The van der Waals surface area contributed by atoms with Crippen molar-refractivity contribution in [2.45, 2.75) is 30.5 Å². The molecule has 0 amide bonds. The van der Waals surface area contributed by atoms with Crippen LogP contribution in [0.5, 0.6) is 0 Å². The summed E-state index contributed by atoms with van der Waals surface area (Å²) in [5.74, 6) is 2.18. The van der Waals surface area contributed by atoms with E-state index in [4.69, 9.17) is 0 Å². The molecule has 0 unspecified atom stereocenters. The van der Waals surface area contributed by atoms with Crippen LogP contribution in [0.3, 0.4) is 0 Å². The van der Waals surface area contributed by atoms with Gasteiger partial charge in [0.15, 0.2) is 0 Å². The van der Waals surface area contributed by atoms with Gasteiger partial charge >= 0.3 is 0 Å². The minimum absolute atomic E-state index is 0.944. The van der Waals surface area contributed by atoms with Gasteiger partial charge in [0.25, 0.3) is 0 Å². The Labute approximate surface area is 99.9 Å². The van der Waals surface area contributed by atoms with Crippen molar-refractivity contribution < 1.29 is 0 Å². The highest BCUT2D eigenvalue weighted by Crippen LogP contribution is 2.26. The number of aryl methyl sites for hydroxylation is 1. The molecule has 1 saturated heterocycles. The summed E-state index contributed by atoms with van der Waals surface area (Å²) in [5.41, 5.74) is 1.16. The quantitative estimate of drug-likeness (QED) is 0.822. The lowest BCUT2D eigenvalue weighted by Crippen LogP contribution is -2.27. The van der Waals surface area contributed by atoms with E-state index in [1.165, 1.54) is 42.4 Å². The number of hydrogen-bond acceptors (Lipinski definition) is 4. The number of thioether (sulfide) groups is 1. The molecule has 0 bridgehead atoms. The monoisotopic (exact) mass is 242 g/mol. The number of rotatable bonds is 4. The van der Waals surface area contributed by atoms with E-state index in [0.717, 1.165) is 11.6 Å². The summed E-state index contributed by atoms with van der Waals surface area (Å²) in [6.45, 7) is 4.49. The first kappa shape index (κ1) is 11.4. The highest BCUT2D eigenvalue weighted by atomic mass is 32.2. The maximum absolute atomic E-state index is 4.46. The van der Waals surface area contributed by atoms with Gasteiger partial charge in [-0.1, -0.05) is 11.8 Å². The first-order valence-electron chi connectivity index (χ1n) is 5.60. The van der Waals surface area contributed by atoms with E-state index < -0.39 is 0 Å². The maximum atomic E-state index is 4.46. The molecular formula is C11H18N2S2. The van der Waals surface area contributed by atoms with Crippen molar-refractivity contribution in [1.29, 1.82) is 0 Å². The van der Waals surface area contributed by atoms with Gasteiger partial charge in [-0.25, -0.2) is 4.98 Å². The number of nitrogens with zero attached hydrogens (tertiary/aromatic N) is 1. The van der Waals surface area contributed by atoms with E-state index in [2.05, 4.69) is 22.6 Å². The molecule has 84 valence electrons. The molecule has 0 saturated carbocycles. The molecule has 0 atom stereocenters. The Balaban J connectivity index is 1.65. The molecule has 15 heavy (non-hydrogen) atoms. The van der Waals surface area contributed by atoms with Gasteiger partial charge in [0.2, 0.25) is 0 Å². The summed E-state index contributed by atoms with van der Waals surface area (Å²) in [6.07, 6.45) is 4.07. The van der Waals surface area contributed by atoms with E-state index in [0.29, 0.717) is 0 Å². The summed E-state index contributed by atoms with van der Waals surface area (Å²) in [4.78, 5) is 4.46. The Kier molecular flexibility index (Phi) is 4.47. The lowest BCUT2D eigenvalue weighted by Gasteiger charge is -2.21. The number of thiazole rings is 1. The van der Waals surface area contributed by atoms with Crippen LogP contribution >= 0.6 is 23.1 Å². The molecule has 2 rings (SSSR count). The second-order valence-corrected chi connectivity index (χ2v) is 6.29. The van der Waals surface area contributed by atoms with Crippen molar-refractivity contribution in [3.8, 4) is 0 Å². The fraction of sp³-hybridized carbons (Fsp3) is 0.727. The van der Waals surface area contributed by atoms with E-state index in [1.54, 1.807) is 11.3 Å². The van der Waals surface area contributed by atoms with Gasteiger partial charge in [-0.05, 0) is 45.2 Å². The zero-order valence-corrected chi connectivity index (χ0v) is 10.8. The third kappa shape index (κ3) is 3.78. The van der Waals surface area contributed by atoms with Gasteiger partial charge in [0, 0.05) is 16.8 Å². The molecule has 1 N–H and O–H groups in total. The molecule has 1 fully saturated rings. The van der Waals surface area contributed by atoms with Crippen molar-refractivity contribution in [3.63, 3.8) is 0 Å². The zero-order valence-electron chi connectivity index (χ0n) is 9.16. The van der Waals surface area contributed by atoms with Crippen LogP contribution in [0.25, 0.3) is 0 Å². The molecule has 0 aliphatic carbocycles. The Bertz CT molecular complexity index is 293. The summed E-state index contributed by atoms with van der Waals surface area (Å²) in [7, 11) is 0. The van der Waals surface area contributed by atoms with Crippen molar-refractivity contribution in [2.75, 3.05) is 18.8 Å². The van der Waals surface area contributed by atoms with Gasteiger partial charge in [0.05, 0.1) is 0 Å². The molecule has 0 aromatic carbocycles. The fourth-order valence-corrected chi connectivity index (χ4v) is 3.90. The molecule has 4 heteroatoms. The second kappa shape index (κ2) is 5.87. The predicted molar refractivity (Wildman–Crippen MR) is 67.8 cm³/mol. The minimum atomic E-state index is 0.944. The molecule has 1 aliphatic rings. The molecule has 0 spiro atoms. The van der Waals surface area contributed by atoms with Gasteiger partial charge in [-0.15, -0.1) is 11.3 Å². The van der Waals surface area contributed by atoms with Crippen molar-refractivity contribution in [2.24, 2.45) is 5.92 Å². The number of hydrogen-bond donors (Lipinski definition) is 1. The molecule has 1 aromatic heterocycles. The van der Waals surface area contributed by atoms with Crippen LogP contribution in [0.2, 0.25) is 0 Å². The third-order valence-corrected chi connectivity index (χ3v) is 4.98. The van der Waals surface area contributed by atoms with Crippen LogP contribution in [0.1, 0.15) is 25.0 Å². The van der Waals surface area contributed by atoms with Crippen molar-refractivity contribution in [1.82, 2.24) is 10.3 Å². The standard InChI is InChI=1S/C11H18N2S2/c1-9-8-15-11(13-9)14-7-4-10-2-5-12-6-3-10/h8,10,12H,2-7H2,1H3. The van der Waals surface area contributed by atoms with Crippen molar-refractivity contribution in [3.05, 3.63) is 11.1 Å². The van der Waals surface area contributed by atoms with Crippen LogP contribution in [0.15, 0.2) is 9.72 Å². The van der Waals surface area contributed by atoms with Crippen LogP contribution in [0, 0.1) is 12.8 Å².